The molecule has 0 aromatic carbocycles. The average molecular weight is 192 g/mol. The van der Waals surface area contributed by atoms with Gasteiger partial charge in [0.1, 0.15) is 5.76 Å². The van der Waals surface area contributed by atoms with Crippen LogP contribution in [0.3, 0.4) is 0 Å². The molecule has 0 radical (unpaired) electrons. The van der Waals surface area contributed by atoms with Crippen molar-refractivity contribution in [3.8, 4) is 0 Å². The lowest BCUT2D eigenvalue weighted by molar-refractivity contribution is 0.489. The van der Waals surface area contributed by atoms with E-state index in [1.54, 1.807) is 0 Å². The second-order valence-electron chi connectivity index (χ2n) is 3.26. The Morgan fingerprint density at radius 3 is 2.64 bits per heavy atom. The van der Waals surface area contributed by atoms with Crippen LogP contribution in [0.1, 0.15) is 38.5 Å². The van der Waals surface area contributed by atoms with Crippen LogP contribution in [0.25, 0.3) is 5.57 Å². The Hall–Kier alpha value is -1.31. The first-order valence-corrected chi connectivity index (χ1v) is 4.99. The molecular weight excluding hydrogens is 176 g/mol. The van der Waals surface area contributed by atoms with Crippen molar-refractivity contribution in [1.82, 2.24) is 0 Å². The summed E-state index contributed by atoms with van der Waals surface area (Å²) in [6.07, 6.45) is 3.72. The molecule has 76 valence electrons. The first-order valence-electron chi connectivity index (χ1n) is 4.99. The second-order valence-corrected chi connectivity index (χ2v) is 3.26. The second kappa shape index (κ2) is 4.80. The molecule has 0 spiro atoms. The summed E-state index contributed by atoms with van der Waals surface area (Å²) in [6.45, 7) is 5.95. The molecule has 0 aliphatic carbocycles. The predicted octanol–water partition coefficient (Wildman–Crippen LogP) is 3.02. The molecule has 1 rings (SSSR count). The number of hydrogen-bond donors (Lipinski definition) is 0. The Balaban J connectivity index is 3.09. The highest BCUT2D eigenvalue weighted by atomic mass is 16.4. The fraction of sp³-hybridized carbons (Fsp3) is 0.417. The molecule has 0 fully saturated rings. The van der Waals surface area contributed by atoms with Crippen molar-refractivity contribution in [2.45, 2.75) is 33.6 Å². The van der Waals surface area contributed by atoms with Gasteiger partial charge in [0.25, 0.3) is 0 Å². The lowest BCUT2D eigenvalue weighted by Crippen LogP contribution is -2.06. The number of allylic oxidation sites excluding steroid dienone is 2. The lowest BCUT2D eigenvalue weighted by Gasteiger charge is -2.00. The Kier molecular flexibility index (Phi) is 3.69. The molecule has 1 heterocycles. The molecule has 0 bridgehead atoms. The van der Waals surface area contributed by atoms with Crippen LogP contribution >= 0.6 is 0 Å². The van der Waals surface area contributed by atoms with Gasteiger partial charge in [-0.25, -0.2) is 4.79 Å². The van der Waals surface area contributed by atoms with E-state index in [0.29, 0.717) is 5.76 Å². The molecular formula is C12H16O2. The van der Waals surface area contributed by atoms with Crippen LogP contribution in [0, 0.1) is 0 Å². The normalized spacial score (nSPS) is 11.8. The smallest absolute Gasteiger partial charge is 0.339 e. The van der Waals surface area contributed by atoms with Gasteiger partial charge < -0.3 is 4.42 Å². The van der Waals surface area contributed by atoms with E-state index in [1.165, 1.54) is 0 Å². The van der Waals surface area contributed by atoms with E-state index in [9.17, 15) is 4.79 Å². The van der Waals surface area contributed by atoms with Gasteiger partial charge in [-0.2, -0.15) is 0 Å². The molecule has 1 aromatic heterocycles. The van der Waals surface area contributed by atoms with Gasteiger partial charge >= 0.3 is 5.63 Å². The molecule has 1 aromatic rings. The van der Waals surface area contributed by atoms with Crippen molar-refractivity contribution in [3.05, 3.63) is 40.0 Å². The summed E-state index contributed by atoms with van der Waals surface area (Å²) in [5.41, 5.74) is 1.54. The molecule has 0 saturated heterocycles. The van der Waals surface area contributed by atoms with Gasteiger partial charge in [0.05, 0.1) is 0 Å². The van der Waals surface area contributed by atoms with E-state index in [0.717, 1.165) is 24.0 Å². The summed E-state index contributed by atoms with van der Waals surface area (Å²) in [7, 11) is 0. The first kappa shape index (κ1) is 10.8. The highest BCUT2D eigenvalue weighted by molar-refractivity contribution is 5.58. The van der Waals surface area contributed by atoms with Crippen molar-refractivity contribution in [1.29, 1.82) is 0 Å². The van der Waals surface area contributed by atoms with Gasteiger partial charge in [0.15, 0.2) is 0 Å². The fourth-order valence-corrected chi connectivity index (χ4v) is 1.32. The topological polar surface area (TPSA) is 30.2 Å². The van der Waals surface area contributed by atoms with E-state index in [2.05, 4.69) is 6.92 Å². The van der Waals surface area contributed by atoms with Crippen molar-refractivity contribution in [2.24, 2.45) is 0 Å². The summed E-state index contributed by atoms with van der Waals surface area (Å²) in [4.78, 5) is 11.4. The quantitative estimate of drug-likeness (QED) is 0.736. The summed E-state index contributed by atoms with van der Waals surface area (Å²) >= 11 is 0. The third kappa shape index (κ3) is 2.34. The van der Waals surface area contributed by atoms with Crippen molar-refractivity contribution >= 4 is 5.57 Å². The molecule has 0 saturated carbocycles. The first-order chi connectivity index (χ1) is 6.69. The number of aryl methyl sites for hydroxylation is 1. The van der Waals surface area contributed by atoms with E-state index in [-0.39, 0.29) is 5.63 Å². The largest absolute Gasteiger partial charge is 0.423 e. The zero-order chi connectivity index (χ0) is 10.6. The average Bonchev–Trinajstić information content (AvgIpc) is 2.18. The maximum Gasteiger partial charge on any atom is 0.339 e. The van der Waals surface area contributed by atoms with E-state index >= 15 is 0 Å². The fourth-order valence-electron chi connectivity index (χ4n) is 1.32. The summed E-state index contributed by atoms with van der Waals surface area (Å²) < 4.78 is 5.19. The number of rotatable bonds is 3. The van der Waals surface area contributed by atoms with Crippen LogP contribution in [0.15, 0.2) is 27.4 Å². The lowest BCUT2D eigenvalue weighted by atomic mass is 10.1. The van der Waals surface area contributed by atoms with E-state index in [4.69, 9.17) is 4.42 Å². The van der Waals surface area contributed by atoms with Crippen LogP contribution in [0.2, 0.25) is 0 Å². The molecule has 0 aliphatic rings. The van der Waals surface area contributed by atoms with Crippen molar-refractivity contribution in [2.75, 3.05) is 0 Å². The molecule has 14 heavy (non-hydrogen) atoms. The van der Waals surface area contributed by atoms with Crippen LogP contribution in [0.4, 0.5) is 0 Å². The van der Waals surface area contributed by atoms with E-state index < -0.39 is 0 Å². The molecule has 0 amide bonds. The maximum absolute atomic E-state index is 11.4. The third-order valence-corrected chi connectivity index (χ3v) is 2.18. The van der Waals surface area contributed by atoms with Crippen molar-refractivity contribution in [3.63, 3.8) is 0 Å². The molecule has 2 heteroatoms. The van der Waals surface area contributed by atoms with Crippen LogP contribution in [0.5, 0.6) is 0 Å². The Morgan fingerprint density at radius 2 is 2.14 bits per heavy atom. The number of hydrogen-bond acceptors (Lipinski definition) is 2. The summed E-state index contributed by atoms with van der Waals surface area (Å²) in [6, 6.07) is 3.70. The minimum Gasteiger partial charge on any atom is -0.423 e. The highest BCUT2D eigenvalue weighted by Gasteiger charge is 2.02. The van der Waals surface area contributed by atoms with Gasteiger partial charge in [0, 0.05) is 5.56 Å². The monoisotopic (exact) mass is 192 g/mol. The Bertz CT molecular complexity index is 386. The van der Waals surface area contributed by atoms with Gasteiger partial charge in [-0.3, -0.25) is 0 Å². The molecule has 0 unspecified atom stereocenters. The zero-order valence-electron chi connectivity index (χ0n) is 8.96. The zero-order valence-corrected chi connectivity index (χ0v) is 8.96. The van der Waals surface area contributed by atoms with Gasteiger partial charge in [-0.05, 0) is 37.5 Å². The molecule has 0 aliphatic heterocycles. The Morgan fingerprint density at radius 1 is 1.43 bits per heavy atom. The van der Waals surface area contributed by atoms with Crippen molar-refractivity contribution < 1.29 is 4.42 Å². The summed E-state index contributed by atoms with van der Waals surface area (Å²) in [5.74, 6) is 0.675. The van der Waals surface area contributed by atoms with Gasteiger partial charge in [-0.1, -0.05) is 19.9 Å². The standard InChI is InChI=1S/C12H16O2/c1-4-6-9(3)11-8-7-10(5-2)12(13)14-11/h6-8H,4-5H2,1-3H3. The van der Waals surface area contributed by atoms with Gasteiger partial charge in [-0.15, -0.1) is 0 Å². The highest BCUT2D eigenvalue weighted by Crippen LogP contribution is 2.12. The van der Waals surface area contributed by atoms with E-state index in [1.807, 2.05) is 32.1 Å². The molecule has 0 N–H and O–H groups in total. The molecule has 2 nitrogen and oxygen atoms in total. The minimum absolute atomic E-state index is 0.214. The molecule has 0 atom stereocenters. The summed E-state index contributed by atoms with van der Waals surface area (Å²) in [5, 5.41) is 0. The Labute approximate surface area is 84.3 Å². The maximum atomic E-state index is 11.4. The van der Waals surface area contributed by atoms with Crippen LogP contribution < -0.4 is 5.63 Å². The van der Waals surface area contributed by atoms with Gasteiger partial charge in [0.2, 0.25) is 0 Å². The third-order valence-electron chi connectivity index (χ3n) is 2.18. The van der Waals surface area contributed by atoms with Crippen LogP contribution in [-0.2, 0) is 6.42 Å². The SMILES string of the molecule is CCC=C(C)c1ccc(CC)c(=O)o1. The predicted molar refractivity (Wildman–Crippen MR) is 58.3 cm³/mol. The minimum atomic E-state index is -0.214. The van der Waals surface area contributed by atoms with Crippen LogP contribution in [-0.4, -0.2) is 0 Å².